The van der Waals surface area contributed by atoms with Crippen molar-refractivity contribution in [2.45, 2.75) is 103 Å². The number of hydrogen-bond donors (Lipinski definition) is 0. The van der Waals surface area contributed by atoms with Crippen molar-refractivity contribution >= 4 is 13.8 Å². The fourth-order valence-electron chi connectivity index (χ4n) is 3.63. The van der Waals surface area contributed by atoms with Crippen LogP contribution < -0.4 is 4.89 Å². The Kier molecular flexibility index (Phi) is 26.0. The number of rotatable bonds is 28. The molecule has 0 radical (unpaired) electrons. The molecule has 0 fully saturated rings. The third-order valence-electron chi connectivity index (χ3n) is 6.14. The molecule has 42 heavy (non-hydrogen) atoms. The van der Waals surface area contributed by atoms with E-state index >= 15 is 0 Å². The maximum absolute atomic E-state index is 12.1. The Balaban J connectivity index is 4.07. The summed E-state index contributed by atoms with van der Waals surface area (Å²) in [6, 6.07) is 0. The molecule has 2 unspecified atom stereocenters. The fraction of sp³-hybridized carbons (Fsp3) is 0.727. The summed E-state index contributed by atoms with van der Waals surface area (Å²) in [6.07, 6.45) is 29.4. The first-order valence-electron chi connectivity index (χ1n) is 15.9. The molecular formula is C33H60NO7P. The van der Waals surface area contributed by atoms with Crippen LogP contribution in [0.4, 0.5) is 0 Å². The van der Waals surface area contributed by atoms with Crippen LogP contribution in [0, 0.1) is 0 Å². The second-order valence-corrected chi connectivity index (χ2v) is 12.8. The van der Waals surface area contributed by atoms with Gasteiger partial charge < -0.3 is 27.9 Å². The van der Waals surface area contributed by atoms with Gasteiger partial charge in [0.05, 0.1) is 34.4 Å². The molecule has 0 N–H and O–H groups in total. The number of unbranched alkanes of at least 4 members (excludes halogenated alkanes) is 6. The number of allylic oxidation sites excluding steroid dienone is 8. The molecule has 0 amide bonds. The average Bonchev–Trinajstić information content (AvgIpc) is 2.92. The summed E-state index contributed by atoms with van der Waals surface area (Å²) in [5, 5.41) is 0. The minimum absolute atomic E-state index is 0.0190. The Morgan fingerprint density at radius 2 is 1.36 bits per heavy atom. The lowest BCUT2D eigenvalue weighted by atomic mass is 10.1. The van der Waals surface area contributed by atoms with E-state index in [0.717, 1.165) is 57.8 Å². The first-order valence-corrected chi connectivity index (χ1v) is 17.3. The average molecular weight is 614 g/mol. The van der Waals surface area contributed by atoms with Crippen molar-refractivity contribution in [3.8, 4) is 0 Å². The number of carbonyl (C=O) groups is 1. The lowest BCUT2D eigenvalue weighted by molar-refractivity contribution is -0.870. The quantitative estimate of drug-likeness (QED) is 0.0297. The van der Waals surface area contributed by atoms with Crippen molar-refractivity contribution < 1.29 is 37.3 Å². The Labute approximate surface area is 257 Å². The van der Waals surface area contributed by atoms with E-state index in [0.29, 0.717) is 24.1 Å². The molecule has 0 spiro atoms. The van der Waals surface area contributed by atoms with Crippen molar-refractivity contribution in [1.82, 2.24) is 0 Å². The highest BCUT2D eigenvalue weighted by Crippen LogP contribution is 2.38. The Hall–Kier alpha value is -1.54. The summed E-state index contributed by atoms with van der Waals surface area (Å²) in [6.45, 7) is 4.96. The predicted molar refractivity (Wildman–Crippen MR) is 171 cm³/mol. The molecule has 0 aromatic heterocycles. The molecule has 0 bridgehead atoms. The van der Waals surface area contributed by atoms with Crippen LogP contribution in [-0.4, -0.2) is 70.7 Å². The van der Waals surface area contributed by atoms with Gasteiger partial charge in [0.25, 0.3) is 7.82 Å². The van der Waals surface area contributed by atoms with Crippen LogP contribution in [-0.2, 0) is 27.9 Å². The third-order valence-corrected chi connectivity index (χ3v) is 7.11. The van der Waals surface area contributed by atoms with Gasteiger partial charge in [-0.05, 0) is 51.4 Å². The number of quaternary nitrogens is 1. The van der Waals surface area contributed by atoms with E-state index in [1.165, 1.54) is 12.8 Å². The second-order valence-electron chi connectivity index (χ2n) is 11.4. The SMILES string of the molecule is CC/C=C\C/C=C\C/C=C\C/C=C\CCCCCCCOCC(COP(=O)([O-])OCC[N+](C)(C)C)OC(=O)CCCC. The summed E-state index contributed by atoms with van der Waals surface area (Å²) < 4.78 is 33.8. The van der Waals surface area contributed by atoms with E-state index in [1.807, 2.05) is 28.1 Å². The highest BCUT2D eigenvalue weighted by Gasteiger charge is 2.20. The number of likely N-dealkylation sites (N-methyl/N-ethyl adjacent to an activating group) is 1. The normalized spacial score (nSPS) is 14.9. The minimum Gasteiger partial charge on any atom is -0.756 e. The zero-order valence-corrected chi connectivity index (χ0v) is 28.1. The van der Waals surface area contributed by atoms with E-state index in [2.05, 4.69) is 55.5 Å². The predicted octanol–water partition coefficient (Wildman–Crippen LogP) is 7.46. The molecule has 8 nitrogen and oxygen atoms in total. The van der Waals surface area contributed by atoms with Crippen molar-refractivity contribution in [1.29, 1.82) is 0 Å². The zero-order chi connectivity index (χ0) is 31.4. The number of esters is 1. The summed E-state index contributed by atoms with van der Waals surface area (Å²) in [5.74, 6) is -0.381. The van der Waals surface area contributed by atoms with Crippen molar-refractivity contribution in [2.24, 2.45) is 0 Å². The van der Waals surface area contributed by atoms with Gasteiger partial charge in [0, 0.05) is 13.0 Å². The summed E-state index contributed by atoms with van der Waals surface area (Å²) >= 11 is 0. The summed E-state index contributed by atoms with van der Waals surface area (Å²) in [5.41, 5.74) is 0. The number of ether oxygens (including phenoxy) is 2. The van der Waals surface area contributed by atoms with Crippen LogP contribution in [0.15, 0.2) is 48.6 Å². The first kappa shape index (κ1) is 40.5. The van der Waals surface area contributed by atoms with Crippen LogP contribution in [0.1, 0.15) is 97.3 Å². The van der Waals surface area contributed by atoms with Crippen molar-refractivity contribution in [3.63, 3.8) is 0 Å². The van der Waals surface area contributed by atoms with Gasteiger partial charge in [-0.3, -0.25) is 9.36 Å². The first-order chi connectivity index (χ1) is 20.1. The zero-order valence-electron chi connectivity index (χ0n) is 27.2. The maximum Gasteiger partial charge on any atom is 0.306 e. The molecule has 9 heteroatoms. The number of hydrogen-bond acceptors (Lipinski definition) is 7. The number of phosphoric ester groups is 1. The standard InChI is InChI=1S/C33H60NO7P/c1-6-8-10-11-12-13-14-15-16-17-18-19-20-21-22-23-24-25-28-38-30-32(41-33(35)26-9-7-2)31-40-42(36,37)39-29-27-34(3,4)5/h8,10,12-13,15-16,18-19,32H,6-7,9,11,14,17,20-31H2,1-5H3/b10-8-,13-12-,16-15-,19-18-. The molecule has 2 atom stereocenters. The Bertz CT molecular complexity index is 818. The van der Waals surface area contributed by atoms with Crippen molar-refractivity contribution in [3.05, 3.63) is 48.6 Å². The molecule has 0 saturated carbocycles. The molecule has 0 rings (SSSR count). The van der Waals surface area contributed by atoms with Gasteiger partial charge in [0.1, 0.15) is 19.3 Å². The molecule has 0 aromatic carbocycles. The molecular weight excluding hydrogens is 553 g/mol. The van der Waals surface area contributed by atoms with Gasteiger partial charge in [-0.2, -0.15) is 0 Å². The minimum atomic E-state index is -4.50. The monoisotopic (exact) mass is 613 g/mol. The van der Waals surface area contributed by atoms with Crippen LogP contribution in [0.2, 0.25) is 0 Å². The van der Waals surface area contributed by atoms with Crippen molar-refractivity contribution in [2.75, 3.05) is 54.1 Å². The largest absolute Gasteiger partial charge is 0.756 e. The Morgan fingerprint density at radius 1 is 0.762 bits per heavy atom. The molecule has 0 heterocycles. The summed E-state index contributed by atoms with van der Waals surface area (Å²) in [4.78, 5) is 24.2. The number of phosphoric acid groups is 1. The smallest absolute Gasteiger partial charge is 0.306 e. The van der Waals surface area contributed by atoms with Crippen LogP contribution in [0.5, 0.6) is 0 Å². The van der Waals surface area contributed by atoms with Gasteiger partial charge in [0.2, 0.25) is 0 Å². The van der Waals surface area contributed by atoms with Gasteiger partial charge >= 0.3 is 5.97 Å². The maximum atomic E-state index is 12.1. The lowest BCUT2D eigenvalue weighted by Crippen LogP contribution is -2.37. The molecule has 0 aliphatic rings. The number of nitrogens with zero attached hydrogens (tertiary/aromatic N) is 1. The Morgan fingerprint density at radius 3 is 1.98 bits per heavy atom. The van der Waals surface area contributed by atoms with E-state index in [4.69, 9.17) is 18.5 Å². The summed E-state index contributed by atoms with van der Waals surface area (Å²) in [7, 11) is 1.33. The molecule has 0 aliphatic carbocycles. The third kappa shape index (κ3) is 29.9. The highest BCUT2D eigenvalue weighted by atomic mass is 31.2. The fourth-order valence-corrected chi connectivity index (χ4v) is 4.36. The molecule has 0 aromatic rings. The lowest BCUT2D eigenvalue weighted by Gasteiger charge is -2.28. The van der Waals surface area contributed by atoms with Gasteiger partial charge in [-0.25, -0.2) is 0 Å². The highest BCUT2D eigenvalue weighted by molar-refractivity contribution is 7.45. The van der Waals surface area contributed by atoms with E-state index in [1.54, 1.807) is 0 Å². The van der Waals surface area contributed by atoms with E-state index in [9.17, 15) is 14.3 Å². The number of carbonyl (C=O) groups excluding carboxylic acids is 1. The van der Waals surface area contributed by atoms with Gasteiger partial charge in [0.15, 0.2) is 0 Å². The van der Waals surface area contributed by atoms with Crippen LogP contribution >= 0.6 is 7.82 Å². The second kappa shape index (κ2) is 27.0. The topological polar surface area (TPSA) is 94.1 Å². The van der Waals surface area contributed by atoms with E-state index < -0.39 is 13.9 Å². The van der Waals surface area contributed by atoms with Gasteiger partial charge in [-0.15, -0.1) is 0 Å². The van der Waals surface area contributed by atoms with E-state index in [-0.39, 0.29) is 32.2 Å². The van der Waals surface area contributed by atoms with Crippen LogP contribution in [0.3, 0.4) is 0 Å². The molecule has 244 valence electrons. The van der Waals surface area contributed by atoms with Crippen LogP contribution in [0.25, 0.3) is 0 Å². The van der Waals surface area contributed by atoms with Gasteiger partial charge in [-0.1, -0.05) is 88.1 Å². The molecule has 0 saturated heterocycles. The molecule has 0 aliphatic heterocycles.